The van der Waals surface area contributed by atoms with Crippen molar-refractivity contribution in [2.45, 2.75) is 11.4 Å². The summed E-state index contributed by atoms with van der Waals surface area (Å²) in [5, 5.41) is 3.63. The third kappa shape index (κ3) is 4.22. The molecule has 0 bridgehead atoms. The minimum absolute atomic E-state index is 0.0165. The summed E-state index contributed by atoms with van der Waals surface area (Å²) in [5.41, 5.74) is 0. The molecule has 31 heavy (non-hydrogen) atoms. The summed E-state index contributed by atoms with van der Waals surface area (Å²) in [5.74, 6) is -1.60. The molecule has 2 aromatic heterocycles. The van der Waals surface area contributed by atoms with E-state index in [0.29, 0.717) is 0 Å². The lowest BCUT2D eigenvalue weighted by Crippen LogP contribution is -2.51. The first-order valence-corrected chi connectivity index (χ1v) is 10.7. The minimum Gasteiger partial charge on any atom is -0.338 e. The van der Waals surface area contributed by atoms with E-state index in [1.54, 1.807) is 6.07 Å². The van der Waals surface area contributed by atoms with Crippen molar-refractivity contribution in [1.29, 1.82) is 0 Å². The number of hydrogen-bond acceptors (Lipinski definition) is 8. The maximum atomic E-state index is 13.1. The predicted octanol–water partition coefficient (Wildman–Crippen LogP) is -0.0345. The Labute approximate surface area is 175 Å². The smallest absolute Gasteiger partial charge is 0.338 e. The second kappa shape index (κ2) is 8.35. The van der Waals surface area contributed by atoms with Crippen molar-refractivity contribution in [1.82, 2.24) is 28.9 Å². The average molecular weight is 448 g/mol. The average Bonchev–Trinajstić information content (AvgIpc) is 3.15. The Balaban J connectivity index is 1.43. The van der Waals surface area contributed by atoms with Crippen molar-refractivity contribution in [3.8, 4) is 11.6 Å². The van der Waals surface area contributed by atoms with Gasteiger partial charge in [-0.3, -0.25) is 9.32 Å². The van der Waals surface area contributed by atoms with Crippen LogP contribution < -0.4 is 5.76 Å². The van der Waals surface area contributed by atoms with E-state index < -0.39 is 27.5 Å². The van der Waals surface area contributed by atoms with Crippen LogP contribution >= 0.6 is 0 Å². The highest BCUT2D eigenvalue weighted by molar-refractivity contribution is 7.89. The van der Waals surface area contributed by atoms with Crippen LogP contribution in [0, 0.1) is 5.82 Å². The highest BCUT2D eigenvalue weighted by Crippen LogP contribution is 2.18. The molecule has 0 saturated carbocycles. The lowest BCUT2D eigenvalue weighted by Gasteiger charge is -2.34. The summed E-state index contributed by atoms with van der Waals surface area (Å²) < 4.78 is 45.4. The van der Waals surface area contributed by atoms with E-state index in [9.17, 15) is 22.4 Å². The molecule has 3 aromatic rings. The van der Waals surface area contributed by atoms with Gasteiger partial charge in [0.15, 0.2) is 5.82 Å². The van der Waals surface area contributed by atoms with Gasteiger partial charge in [-0.1, -0.05) is 5.16 Å². The molecule has 1 aromatic carbocycles. The Hall–Kier alpha value is -3.45. The van der Waals surface area contributed by atoms with E-state index in [1.807, 2.05) is 0 Å². The summed E-state index contributed by atoms with van der Waals surface area (Å²) in [7, 11) is -3.80. The SMILES string of the molecule is O=C(Cn1c(-c2ncccn2)noc1=O)N1CCN(S(=O)(=O)c2ccc(F)cc2)CC1. The van der Waals surface area contributed by atoms with E-state index in [1.165, 1.54) is 33.7 Å². The van der Waals surface area contributed by atoms with Gasteiger partial charge in [0.25, 0.3) is 0 Å². The number of carbonyl (C=O) groups is 1. The van der Waals surface area contributed by atoms with Gasteiger partial charge in [0.05, 0.1) is 4.90 Å². The first kappa shape index (κ1) is 20.8. The van der Waals surface area contributed by atoms with Gasteiger partial charge >= 0.3 is 5.76 Å². The zero-order chi connectivity index (χ0) is 22.0. The largest absolute Gasteiger partial charge is 0.442 e. The lowest BCUT2D eigenvalue weighted by atomic mass is 10.3. The third-order valence-electron chi connectivity index (χ3n) is 4.79. The number of benzene rings is 1. The van der Waals surface area contributed by atoms with E-state index in [4.69, 9.17) is 0 Å². The molecule has 162 valence electrons. The van der Waals surface area contributed by atoms with Gasteiger partial charge in [-0.15, -0.1) is 0 Å². The molecule has 0 radical (unpaired) electrons. The molecule has 3 heterocycles. The number of sulfonamides is 1. The number of nitrogens with zero attached hydrogens (tertiary/aromatic N) is 6. The molecular formula is C18H17FN6O5S. The molecule has 13 heteroatoms. The lowest BCUT2D eigenvalue weighted by molar-refractivity contribution is -0.133. The second-order valence-corrected chi connectivity index (χ2v) is 8.61. The van der Waals surface area contributed by atoms with Gasteiger partial charge in [0.2, 0.25) is 21.8 Å². The highest BCUT2D eigenvalue weighted by atomic mass is 32.2. The third-order valence-corrected chi connectivity index (χ3v) is 6.70. The van der Waals surface area contributed by atoms with Gasteiger partial charge in [-0.2, -0.15) is 4.31 Å². The van der Waals surface area contributed by atoms with E-state index in [2.05, 4.69) is 19.6 Å². The number of aromatic nitrogens is 4. The van der Waals surface area contributed by atoms with Gasteiger partial charge in [-0.25, -0.2) is 32.1 Å². The van der Waals surface area contributed by atoms with Crippen molar-refractivity contribution in [2.75, 3.05) is 26.2 Å². The first-order chi connectivity index (χ1) is 14.9. The normalized spacial score (nSPS) is 15.2. The quantitative estimate of drug-likeness (QED) is 0.532. The Morgan fingerprint density at radius 1 is 1.06 bits per heavy atom. The number of piperazine rings is 1. The fourth-order valence-electron chi connectivity index (χ4n) is 3.15. The minimum atomic E-state index is -3.80. The standard InChI is InChI=1S/C18H17FN6O5S/c19-13-2-4-14(5-3-13)31(28,29)24-10-8-23(9-11-24)15(26)12-25-17(22-30-18(25)27)16-20-6-1-7-21-16/h1-7H,8-12H2. The van der Waals surface area contributed by atoms with Crippen LogP contribution in [0.1, 0.15) is 0 Å². The van der Waals surface area contributed by atoms with Crippen LogP contribution in [-0.4, -0.2) is 69.4 Å². The molecule has 1 amide bonds. The van der Waals surface area contributed by atoms with Crippen LogP contribution in [0.25, 0.3) is 11.6 Å². The van der Waals surface area contributed by atoms with Crippen molar-refractivity contribution >= 4 is 15.9 Å². The van der Waals surface area contributed by atoms with Gasteiger partial charge in [0, 0.05) is 38.6 Å². The summed E-state index contributed by atoms with van der Waals surface area (Å²) >= 11 is 0. The van der Waals surface area contributed by atoms with Gasteiger partial charge < -0.3 is 4.90 Å². The Bertz CT molecular complexity index is 1230. The summed E-state index contributed by atoms with van der Waals surface area (Å²) in [4.78, 5) is 34.1. The second-order valence-electron chi connectivity index (χ2n) is 6.67. The van der Waals surface area contributed by atoms with Crippen molar-refractivity contribution in [3.05, 3.63) is 59.1 Å². The van der Waals surface area contributed by atoms with E-state index in [-0.39, 0.29) is 49.3 Å². The summed E-state index contributed by atoms with van der Waals surface area (Å²) in [6.45, 7) is 0.0603. The molecular weight excluding hydrogens is 431 g/mol. The van der Waals surface area contributed by atoms with Crippen LogP contribution in [0.2, 0.25) is 0 Å². The fourth-order valence-corrected chi connectivity index (χ4v) is 4.57. The van der Waals surface area contributed by atoms with Gasteiger partial charge in [0.1, 0.15) is 12.4 Å². The van der Waals surface area contributed by atoms with Crippen LogP contribution in [-0.2, 0) is 21.4 Å². The zero-order valence-electron chi connectivity index (χ0n) is 16.1. The molecule has 4 rings (SSSR count). The van der Waals surface area contributed by atoms with Crippen molar-refractivity contribution in [2.24, 2.45) is 0 Å². The predicted molar refractivity (Wildman–Crippen MR) is 104 cm³/mol. The van der Waals surface area contributed by atoms with Crippen molar-refractivity contribution < 1.29 is 22.1 Å². The Morgan fingerprint density at radius 2 is 1.71 bits per heavy atom. The molecule has 1 aliphatic heterocycles. The number of halogens is 1. The number of hydrogen-bond donors (Lipinski definition) is 0. The summed E-state index contributed by atoms with van der Waals surface area (Å²) in [6.07, 6.45) is 2.93. The van der Waals surface area contributed by atoms with Gasteiger partial charge in [-0.05, 0) is 30.3 Å². The van der Waals surface area contributed by atoms with Crippen LogP contribution in [0.4, 0.5) is 4.39 Å². The number of rotatable bonds is 5. The highest BCUT2D eigenvalue weighted by Gasteiger charge is 2.31. The van der Waals surface area contributed by atoms with Crippen LogP contribution in [0.3, 0.4) is 0 Å². The molecule has 0 atom stereocenters. The number of carbonyl (C=O) groups excluding carboxylic acids is 1. The molecule has 0 aliphatic carbocycles. The monoisotopic (exact) mass is 448 g/mol. The first-order valence-electron chi connectivity index (χ1n) is 9.23. The molecule has 11 nitrogen and oxygen atoms in total. The van der Waals surface area contributed by atoms with Crippen LogP contribution in [0.5, 0.6) is 0 Å². The maximum Gasteiger partial charge on any atom is 0.442 e. The molecule has 0 unspecified atom stereocenters. The fraction of sp³-hybridized carbons (Fsp3) is 0.278. The Morgan fingerprint density at radius 3 is 2.35 bits per heavy atom. The zero-order valence-corrected chi connectivity index (χ0v) is 16.9. The van der Waals surface area contributed by atoms with E-state index in [0.717, 1.165) is 16.7 Å². The molecule has 0 spiro atoms. The topological polar surface area (TPSA) is 131 Å². The maximum absolute atomic E-state index is 13.1. The summed E-state index contributed by atoms with van der Waals surface area (Å²) in [6, 6.07) is 6.16. The molecule has 1 fully saturated rings. The van der Waals surface area contributed by atoms with Crippen molar-refractivity contribution in [3.63, 3.8) is 0 Å². The number of amides is 1. The molecule has 1 aliphatic rings. The Kier molecular flexibility index (Phi) is 5.61. The molecule has 1 saturated heterocycles. The van der Waals surface area contributed by atoms with Crippen LogP contribution in [0.15, 0.2) is 56.9 Å². The van der Waals surface area contributed by atoms with E-state index >= 15 is 0 Å². The molecule has 0 N–H and O–H groups in total.